The van der Waals surface area contributed by atoms with Gasteiger partial charge in [-0.1, -0.05) is 36.9 Å². The third-order valence-electron chi connectivity index (χ3n) is 5.44. The van der Waals surface area contributed by atoms with Crippen LogP contribution >= 0.6 is 0 Å². The molecular weight excluding hydrogens is 290 g/mol. The van der Waals surface area contributed by atoms with E-state index in [2.05, 4.69) is 18.4 Å². The van der Waals surface area contributed by atoms with Crippen LogP contribution in [0.25, 0.3) is 0 Å². The summed E-state index contributed by atoms with van der Waals surface area (Å²) in [5, 5.41) is 11.0. The second kappa shape index (κ2) is 6.10. The minimum absolute atomic E-state index is 0.153. The Morgan fingerprint density at radius 3 is 2.43 bits per heavy atom. The molecule has 3 atom stereocenters. The van der Waals surface area contributed by atoms with Crippen molar-refractivity contribution in [2.75, 3.05) is 13.1 Å². The Balaban J connectivity index is 1.84. The number of hydrogen-bond acceptors (Lipinski definition) is 4. The van der Waals surface area contributed by atoms with Crippen LogP contribution in [-0.4, -0.2) is 41.2 Å². The number of esters is 1. The number of hydrogen-bond donors (Lipinski definition) is 1. The quantitative estimate of drug-likeness (QED) is 0.685. The highest BCUT2D eigenvalue weighted by Crippen LogP contribution is 2.37. The van der Waals surface area contributed by atoms with Crippen molar-refractivity contribution < 1.29 is 14.6 Å². The molecule has 124 valence electrons. The van der Waals surface area contributed by atoms with Crippen LogP contribution in [0.4, 0.5) is 0 Å². The third-order valence-corrected chi connectivity index (χ3v) is 5.44. The predicted molar refractivity (Wildman–Crippen MR) is 88.8 cm³/mol. The van der Waals surface area contributed by atoms with Gasteiger partial charge in [-0.15, -0.1) is 0 Å². The average Bonchev–Trinajstić information content (AvgIpc) is 2.58. The third kappa shape index (κ3) is 2.70. The zero-order valence-corrected chi connectivity index (χ0v) is 13.9. The Kier molecular flexibility index (Phi) is 4.30. The maximum Gasteiger partial charge on any atom is 0.347 e. The summed E-state index contributed by atoms with van der Waals surface area (Å²) in [5.41, 5.74) is -0.901. The highest BCUT2D eigenvalue weighted by molar-refractivity contribution is 5.85. The van der Waals surface area contributed by atoms with Gasteiger partial charge < -0.3 is 9.84 Å². The van der Waals surface area contributed by atoms with Crippen LogP contribution in [0.3, 0.4) is 0 Å². The molecule has 3 heterocycles. The van der Waals surface area contributed by atoms with Crippen molar-refractivity contribution in [3.63, 3.8) is 0 Å². The Labute approximate surface area is 137 Å². The summed E-state index contributed by atoms with van der Waals surface area (Å²) in [7, 11) is 0. The lowest BCUT2D eigenvalue weighted by Gasteiger charge is -2.49. The summed E-state index contributed by atoms with van der Waals surface area (Å²) in [5.74, 6) is -0.217. The summed E-state index contributed by atoms with van der Waals surface area (Å²) >= 11 is 0. The normalized spacial score (nSPS) is 32.1. The Morgan fingerprint density at radius 2 is 1.91 bits per heavy atom. The number of carbonyl (C=O) groups is 1. The summed E-state index contributed by atoms with van der Waals surface area (Å²) in [6.07, 6.45) is 1.96. The smallest absolute Gasteiger partial charge is 0.347 e. The van der Waals surface area contributed by atoms with Gasteiger partial charge >= 0.3 is 5.97 Å². The van der Waals surface area contributed by atoms with Gasteiger partial charge in [0, 0.05) is 6.04 Å². The molecule has 0 amide bonds. The van der Waals surface area contributed by atoms with E-state index in [4.69, 9.17) is 4.74 Å². The zero-order chi connectivity index (χ0) is 16.6. The molecule has 1 aromatic carbocycles. The summed E-state index contributed by atoms with van der Waals surface area (Å²) < 4.78 is 5.83. The standard InChI is InChI=1S/C19H25NO3/c1-13(2)19(22,16-7-5-4-6-8-16)18(21)23-17-14(3)20-11-9-15(17)10-12-20/h4-8,14-15,17,22H,1,9-12H2,2-3H3/t14-,17+,19+/m1/s1. The van der Waals surface area contributed by atoms with Gasteiger partial charge in [0.2, 0.25) is 5.60 Å². The first-order valence-electron chi connectivity index (χ1n) is 8.33. The van der Waals surface area contributed by atoms with Crippen molar-refractivity contribution in [2.45, 2.75) is 44.4 Å². The van der Waals surface area contributed by atoms with Crippen LogP contribution in [0, 0.1) is 5.92 Å². The van der Waals surface area contributed by atoms with Crippen molar-refractivity contribution in [3.8, 4) is 0 Å². The van der Waals surface area contributed by atoms with Crippen LogP contribution in [0.15, 0.2) is 42.5 Å². The average molecular weight is 315 g/mol. The molecule has 3 fully saturated rings. The Bertz CT molecular complexity index is 590. The fourth-order valence-electron chi connectivity index (χ4n) is 3.88. The van der Waals surface area contributed by atoms with Gasteiger partial charge in [-0.3, -0.25) is 4.90 Å². The summed E-state index contributed by atoms with van der Waals surface area (Å²) in [6, 6.07) is 9.12. The Morgan fingerprint density at radius 1 is 1.30 bits per heavy atom. The lowest BCUT2D eigenvalue weighted by Crippen LogP contribution is -2.58. The topological polar surface area (TPSA) is 49.8 Å². The molecule has 4 nitrogen and oxygen atoms in total. The summed E-state index contributed by atoms with van der Waals surface area (Å²) in [4.78, 5) is 15.2. The molecule has 4 rings (SSSR count). The van der Waals surface area contributed by atoms with Gasteiger partial charge in [-0.05, 0) is 56.8 Å². The first kappa shape index (κ1) is 16.2. The molecule has 0 aliphatic carbocycles. The van der Waals surface area contributed by atoms with Gasteiger partial charge in [0.05, 0.1) is 0 Å². The number of rotatable bonds is 4. The van der Waals surface area contributed by atoms with Crippen LogP contribution in [-0.2, 0) is 15.1 Å². The van der Waals surface area contributed by atoms with Crippen molar-refractivity contribution >= 4 is 5.97 Å². The van der Waals surface area contributed by atoms with Crippen LogP contribution in [0.5, 0.6) is 0 Å². The van der Waals surface area contributed by atoms with Gasteiger partial charge in [0.1, 0.15) is 6.10 Å². The number of piperidine rings is 3. The molecule has 4 heteroatoms. The molecular formula is C19H25NO3. The number of carbonyl (C=O) groups excluding carboxylic acids is 1. The van der Waals surface area contributed by atoms with Crippen LogP contribution in [0.2, 0.25) is 0 Å². The maximum absolute atomic E-state index is 12.8. The van der Waals surface area contributed by atoms with E-state index in [9.17, 15) is 9.90 Å². The number of fused-ring (bicyclic) bond motifs is 3. The van der Waals surface area contributed by atoms with Crippen molar-refractivity contribution in [2.24, 2.45) is 5.92 Å². The van der Waals surface area contributed by atoms with Gasteiger partial charge in [0.25, 0.3) is 0 Å². The fourth-order valence-corrected chi connectivity index (χ4v) is 3.88. The number of ether oxygens (including phenoxy) is 1. The van der Waals surface area contributed by atoms with E-state index in [1.807, 2.05) is 6.07 Å². The van der Waals surface area contributed by atoms with E-state index in [0.29, 0.717) is 17.1 Å². The molecule has 3 saturated heterocycles. The second-order valence-corrected chi connectivity index (χ2v) is 6.84. The molecule has 1 N–H and O–H groups in total. The number of nitrogens with zero attached hydrogens (tertiary/aromatic N) is 1. The fraction of sp³-hybridized carbons (Fsp3) is 0.526. The summed E-state index contributed by atoms with van der Waals surface area (Å²) in [6.45, 7) is 9.73. The zero-order valence-electron chi connectivity index (χ0n) is 13.9. The first-order chi connectivity index (χ1) is 10.9. The molecule has 2 bridgehead atoms. The number of benzene rings is 1. The molecule has 1 aromatic rings. The Hall–Kier alpha value is -1.65. The van der Waals surface area contributed by atoms with E-state index in [1.54, 1.807) is 31.2 Å². The van der Waals surface area contributed by atoms with Crippen molar-refractivity contribution in [3.05, 3.63) is 48.0 Å². The minimum atomic E-state index is -1.78. The van der Waals surface area contributed by atoms with E-state index < -0.39 is 11.6 Å². The van der Waals surface area contributed by atoms with Crippen LogP contribution < -0.4 is 0 Å². The highest BCUT2D eigenvalue weighted by atomic mass is 16.6. The molecule has 0 spiro atoms. The molecule has 0 radical (unpaired) electrons. The predicted octanol–water partition coefficient (Wildman–Crippen LogP) is 2.48. The highest BCUT2D eigenvalue weighted by Gasteiger charge is 2.47. The monoisotopic (exact) mass is 315 g/mol. The van der Waals surface area contributed by atoms with E-state index in [-0.39, 0.29) is 12.1 Å². The largest absolute Gasteiger partial charge is 0.458 e. The van der Waals surface area contributed by atoms with E-state index >= 15 is 0 Å². The molecule has 3 aliphatic rings. The van der Waals surface area contributed by atoms with E-state index in [1.165, 1.54) is 0 Å². The van der Waals surface area contributed by atoms with Crippen molar-refractivity contribution in [1.29, 1.82) is 0 Å². The molecule has 23 heavy (non-hydrogen) atoms. The first-order valence-corrected chi connectivity index (χ1v) is 8.33. The molecule has 0 aromatic heterocycles. The number of aliphatic hydroxyl groups is 1. The second-order valence-electron chi connectivity index (χ2n) is 6.84. The lowest BCUT2D eigenvalue weighted by molar-refractivity contribution is -0.183. The molecule has 3 aliphatic heterocycles. The van der Waals surface area contributed by atoms with Crippen LogP contribution in [0.1, 0.15) is 32.3 Å². The van der Waals surface area contributed by atoms with E-state index in [0.717, 1.165) is 25.9 Å². The SMILES string of the molecule is C=C(C)[C@@](O)(C(=O)O[C@@H]1C2CCN(CC2)[C@@H]1C)c1ccccc1. The molecule has 0 unspecified atom stereocenters. The van der Waals surface area contributed by atoms with Gasteiger partial charge in [-0.2, -0.15) is 0 Å². The van der Waals surface area contributed by atoms with Gasteiger partial charge in [-0.25, -0.2) is 4.79 Å². The molecule has 0 saturated carbocycles. The van der Waals surface area contributed by atoms with Crippen molar-refractivity contribution in [1.82, 2.24) is 4.90 Å². The maximum atomic E-state index is 12.8. The lowest BCUT2D eigenvalue weighted by atomic mass is 9.80. The minimum Gasteiger partial charge on any atom is -0.458 e. The van der Waals surface area contributed by atoms with Gasteiger partial charge in [0.15, 0.2) is 0 Å².